The Balaban J connectivity index is 2.56. The molecule has 0 bridgehead atoms. The van der Waals surface area contributed by atoms with Crippen molar-refractivity contribution in [2.75, 3.05) is 0 Å². The third kappa shape index (κ3) is 2.25. The highest BCUT2D eigenvalue weighted by Crippen LogP contribution is 2.23. The minimum absolute atomic E-state index is 0.0708. The summed E-state index contributed by atoms with van der Waals surface area (Å²) in [7, 11) is 0. The molecule has 0 radical (unpaired) electrons. The summed E-state index contributed by atoms with van der Waals surface area (Å²) in [6.45, 7) is 2.76. The zero-order valence-electron chi connectivity index (χ0n) is 9.93. The van der Waals surface area contributed by atoms with Crippen LogP contribution in [0.4, 0.5) is 4.39 Å². The molecule has 0 aliphatic carbocycles. The van der Waals surface area contributed by atoms with Gasteiger partial charge in [0.2, 0.25) is 0 Å². The van der Waals surface area contributed by atoms with E-state index in [0.29, 0.717) is 11.4 Å². The molecule has 4 nitrogen and oxygen atoms in total. The van der Waals surface area contributed by atoms with E-state index < -0.39 is 11.8 Å². The highest BCUT2D eigenvalue weighted by molar-refractivity contribution is 5.95. The summed E-state index contributed by atoms with van der Waals surface area (Å²) in [6.07, 6.45) is 4.31. The first-order valence-corrected chi connectivity index (χ1v) is 5.68. The second kappa shape index (κ2) is 5.00. The second-order valence-corrected chi connectivity index (χ2v) is 3.94. The molecule has 0 amide bonds. The van der Waals surface area contributed by atoms with Crippen LogP contribution in [0.15, 0.2) is 30.6 Å². The number of hydrogen-bond acceptors (Lipinski definition) is 2. The van der Waals surface area contributed by atoms with Gasteiger partial charge in [0, 0.05) is 24.5 Å². The zero-order valence-corrected chi connectivity index (χ0v) is 9.93. The van der Waals surface area contributed by atoms with Gasteiger partial charge in [-0.3, -0.25) is 0 Å². The third-order valence-corrected chi connectivity index (χ3v) is 2.63. The normalized spacial score (nSPS) is 10.6. The quantitative estimate of drug-likeness (QED) is 0.905. The van der Waals surface area contributed by atoms with Crippen LogP contribution in [0.5, 0.6) is 0 Å². The number of aromatic nitrogens is 2. The number of aromatic carboxylic acids is 1. The lowest BCUT2D eigenvalue weighted by molar-refractivity contribution is 0.0697. The summed E-state index contributed by atoms with van der Waals surface area (Å²) < 4.78 is 15.0. The van der Waals surface area contributed by atoms with Gasteiger partial charge in [0.1, 0.15) is 11.6 Å². The van der Waals surface area contributed by atoms with Gasteiger partial charge in [-0.2, -0.15) is 0 Å². The fraction of sp³-hybridized carbons (Fsp3) is 0.231. The van der Waals surface area contributed by atoms with Crippen molar-refractivity contribution in [2.24, 2.45) is 0 Å². The van der Waals surface area contributed by atoms with Crippen molar-refractivity contribution in [1.29, 1.82) is 0 Å². The van der Waals surface area contributed by atoms with Crippen LogP contribution in [0, 0.1) is 5.82 Å². The Bertz CT molecular complexity index is 578. The van der Waals surface area contributed by atoms with Crippen LogP contribution >= 0.6 is 0 Å². The molecule has 94 valence electrons. The predicted molar refractivity (Wildman–Crippen MR) is 64.9 cm³/mol. The summed E-state index contributed by atoms with van der Waals surface area (Å²) in [5.74, 6) is -1.17. The maximum absolute atomic E-state index is 13.1. The van der Waals surface area contributed by atoms with E-state index in [9.17, 15) is 9.18 Å². The number of rotatable bonds is 4. The Morgan fingerprint density at radius 3 is 2.94 bits per heavy atom. The Morgan fingerprint density at radius 2 is 2.28 bits per heavy atom. The molecule has 0 unspecified atom stereocenters. The summed E-state index contributed by atoms with van der Waals surface area (Å²) in [5, 5.41) is 9.11. The molecule has 2 aromatic rings. The number of imidazole rings is 1. The smallest absolute Gasteiger partial charge is 0.336 e. The lowest BCUT2D eigenvalue weighted by Gasteiger charge is -2.09. The van der Waals surface area contributed by atoms with Crippen LogP contribution in [-0.2, 0) is 6.54 Å². The Morgan fingerprint density at radius 1 is 1.50 bits per heavy atom. The molecule has 0 spiro atoms. The van der Waals surface area contributed by atoms with Gasteiger partial charge in [-0.05, 0) is 24.6 Å². The molecule has 1 aromatic heterocycles. The van der Waals surface area contributed by atoms with Gasteiger partial charge < -0.3 is 9.67 Å². The van der Waals surface area contributed by atoms with Crippen LogP contribution in [0.1, 0.15) is 23.7 Å². The molecule has 0 saturated carbocycles. The van der Waals surface area contributed by atoms with E-state index in [0.717, 1.165) is 19.0 Å². The van der Waals surface area contributed by atoms with E-state index in [1.165, 1.54) is 12.1 Å². The van der Waals surface area contributed by atoms with E-state index in [2.05, 4.69) is 4.98 Å². The van der Waals surface area contributed by atoms with E-state index >= 15 is 0 Å². The summed E-state index contributed by atoms with van der Waals surface area (Å²) in [6, 6.07) is 3.71. The van der Waals surface area contributed by atoms with Gasteiger partial charge in [0.25, 0.3) is 0 Å². The van der Waals surface area contributed by atoms with Crippen LogP contribution in [0.25, 0.3) is 11.4 Å². The maximum Gasteiger partial charge on any atom is 0.336 e. The molecule has 18 heavy (non-hydrogen) atoms. The Hall–Kier alpha value is -2.17. The monoisotopic (exact) mass is 248 g/mol. The van der Waals surface area contributed by atoms with Gasteiger partial charge in [0.05, 0.1) is 5.56 Å². The van der Waals surface area contributed by atoms with Gasteiger partial charge in [-0.25, -0.2) is 14.2 Å². The van der Waals surface area contributed by atoms with E-state index in [-0.39, 0.29) is 5.56 Å². The molecule has 0 aliphatic heterocycles. The van der Waals surface area contributed by atoms with E-state index in [1.54, 1.807) is 12.4 Å². The largest absolute Gasteiger partial charge is 0.478 e. The highest BCUT2D eigenvalue weighted by atomic mass is 19.1. The van der Waals surface area contributed by atoms with Crippen molar-refractivity contribution < 1.29 is 14.3 Å². The molecule has 0 atom stereocenters. The average Bonchev–Trinajstić information content (AvgIpc) is 2.77. The average molecular weight is 248 g/mol. The molecule has 0 fully saturated rings. The number of benzene rings is 1. The first-order chi connectivity index (χ1) is 8.63. The number of nitrogens with zero attached hydrogens (tertiary/aromatic N) is 2. The first-order valence-electron chi connectivity index (χ1n) is 5.68. The van der Waals surface area contributed by atoms with Crippen LogP contribution in [0.3, 0.4) is 0 Å². The minimum atomic E-state index is -1.16. The number of halogens is 1. The summed E-state index contributed by atoms with van der Waals surface area (Å²) >= 11 is 0. The standard InChI is InChI=1S/C13H13FN2O2/c1-2-6-16-7-5-15-12(16)10-4-3-9(14)8-11(10)13(17)18/h3-5,7-8H,2,6H2,1H3,(H,17,18). The lowest BCUT2D eigenvalue weighted by atomic mass is 10.1. The molecule has 5 heteroatoms. The van der Waals surface area contributed by atoms with Crippen molar-refractivity contribution >= 4 is 5.97 Å². The van der Waals surface area contributed by atoms with Gasteiger partial charge in [0.15, 0.2) is 0 Å². The highest BCUT2D eigenvalue weighted by Gasteiger charge is 2.16. The molecule has 2 rings (SSSR count). The Kier molecular flexibility index (Phi) is 3.41. The molecular weight excluding hydrogens is 235 g/mol. The van der Waals surface area contributed by atoms with Crippen LogP contribution < -0.4 is 0 Å². The molecule has 0 saturated heterocycles. The second-order valence-electron chi connectivity index (χ2n) is 3.94. The molecular formula is C13H13FN2O2. The minimum Gasteiger partial charge on any atom is -0.478 e. The fourth-order valence-corrected chi connectivity index (χ4v) is 1.86. The first kappa shape index (κ1) is 12.3. The zero-order chi connectivity index (χ0) is 13.1. The number of aryl methyl sites for hydroxylation is 1. The van der Waals surface area contributed by atoms with Crippen molar-refractivity contribution in [1.82, 2.24) is 9.55 Å². The number of hydrogen-bond donors (Lipinski definition) is 1. The Labute approximate surface area is 104 Å². The van der Waals surface area contributed by atoms with Gasteiger partial charge in [-0.1, -0.05) is 6.92 Å². The van der Waals surface area contributed by atoms with Crippen molar-refractivity contribution in [3.05, 3.63) is 42.0 Å². The number of carboxylic acids is 1. The van der Waals surface area contributed by atoms with Gasteiger partial charge in [-0.15, -0.1) is 0 Å². The van der Waals surface area contributed by atoms with E-state index in [4.69, 9.17) is 5.11 Å². The molecule has 1 heterocycles. The van der Waals surface area contributed by atoms with Crippen LogP contribution in [0.2, 0.25) is 0 Å². The van der Waals surface area contributed by atoms with Crippen LogP contribution in [-0.4, -0.2) is 20.6 Å². The summed E-state index contributed by atoms with van der Waals surface area (Å²) in [4.78, 5) is 15.3. The van der Waals surface area contributed by atoms with Crippen molar-refractivity contribution in [3.63, 3.8) is 0 Å². The number of carboxylic acid groups (broad SMARTS) is 1. The third-order valence-electron chi connectivity index (χ3n) is 2.63. The predicted octanol–water partition coefficient (Wildman–Crippen LogP) is 2.80. The van der Waals surface area contributed by atoms with E-state index in [1.807, 2.05) is 11.5 Å². The molecule has 1 aromatic carbocycles. The summed E-state index contributed by atoms with van der Waals surface area (Å²) in [5.41, 5.74) is 0.362. The SMILES string of the molecule is CCCn1ccnc1-c1ccc(F)cc1C(=O)O. The van der Waals surface area contributed by atoms with Crippen molar-refractivity contribution in [3.8, 4) is 11.4 Å². The maximum atomic E-state index is 13.1. The topological polar surface area (TPSA) is 55.1 Å². The number of carbonyl (C=O) groups is 1. The fourth-order valence-electron chi connectivity index (χ4n) is 1.86. The molecule has 0 aliphatic rings. The lowest BCUT2D eigenvalue weighted by Crippen LogP contribution is -2.05. The van der Waals surface area contributed by atoms with Crippen molar-refractivity contribution in [2.45, 2.75) is 19.9 Å². The molecule has 1 N–H and O–H groups in total. The van der Waals surface area contributed by atoms with Gasteiger partial charge >= 0.3 is 5.97 Å².